The van der Waals surface area contributed by atoms with Crippen LogP contribution < -0.4 is 14.4 Å². The van der Waals surface area contributed by atoms with Crippen molar-refractivity contribution in [3.8, 4) is 11.5 Å². The molecule has 0 saturated carbocycles. The number of ether oxygens (including phenoxy) is 3. The van der Waals surface area contributed by atoms with E-state index >= 15 is 0 Å². The van der Waals surface area contributed by atoms with Crippen molar-refractivity contribution in [3.63, 3.8) is 0 Å². The molecule has 0 unspecified atom stereocenters. The third-order valence-electron chi connectivity index (χ3n) is 5.03. The number of carbonyl (C=O) groups excluding carboxylic acids is 1. The maximum absolute atomic E-state index is 13.1. The van der Waals surface area contributed by atoms with E-state index in [1.165, 1.54) is 47.4 Å². The number of anilines is 1. The molecule has 2 aromatic carbocycles. The normalized spacial score (nSPS) is 14.4. The van der Waals surface area contributed by atoms with Gasteiger partial charge in [0.05, 0.1) is 23.4 Å². The lowest BCUT2D eigenvalue weighted by Gasteiger charge is -2.29. The Labute approximate surface area is 208 Å². The highest BCUT2D eigenvalue weighted by molar-refractivity contribution is 7.22. The summed E-state index contributed by atoms with van der Waals surface area (Å²) in [6.45, 7) is 3.21. The first-order chi connectivity index (χ1) is 16.3. The minimum atomic E-state index is -4.81. The predicted octanol–water partition coefficient (Wildman–Crippen LogP) is 4.50. The lowest BCUT2D eigenvalue weighted by atomic mass is 10.3. The molecule has 0 radical (unpaired) electrons. The maximum Gasteiger partial charge on any atom is 0.573 e. The summed E-state index contributed by atoms with van der Waals surface area (Å²) >= 11 is 1.08. The van der Waals surface area contributed by atoms with Gasteiger partial charge in [0, 0.05) is 32.2 Å². The fourth-order valence-corrected chi connectivity index (χ4v) is 4.39. The number of rotatable bonds is 8. The summed E-state index contributed by atoms with van der Waals surface area (Å²) in [5.74, 6) is -0.834. The third kappa shape index (κ3) is 7.66. The average molecular weight is 536 g/mol. The molecule has 4 rings (SSSR count). The van der Waals surface area contributed by atoms with E-state index in [1.807, 2.05) is 0 Å². The number of fused-ring (bicyclic) bond motifs is 1. The molecule has 1 aromatic heterocycles. The van der Waals surface area contributed by atoms with Gasteiger partial charge in [0.1, 0.15) is 17.3 Å². The number of hydrogen-bond donors (Lipinski definition) is 0. The van der Waals surface area contributed by atoms with Gasteiger partial charge in [-0.3, -0.25) is 14.6 Å². The monoisotopic (exact) mass is 535 g/mol. The van der Waals surface area contributed by atoms with Crippen LogP contribution >= 0.6 is 23.7 Å². The largest absolute Gasteiger partial charge is 0.573 e. The molecule has 1 fully saturated rings. The topological polar surface area (TPSA) is 64.1 Å². The van der Waals surface area contributed by atoms with Gasteiger partial charge in [-0.2, -0.15) is 0 Å². The van der Waals surface area contributed by atoms with Crippen molar-refractivity contribution in [2.45, 2.75) is 6.36 Å². The first kappa shape index (κ1) is 26.9. The van der Waals surface area contributed by atoms with Gasteiger partial charge in [0.15, 0.2) is 11.7 Å². The van der Waals surface area contributed by atoms with Crippen molar-refractivity contribution in [2.75, 3.05) is 50.9 Å². The summed E-state index contributed by atoms with van der Waals surface area (Å²) in [6, 6.07) is 9.12. The van der Waals surface area contributed by atoms with E-state index < -0.39 is 12.2 Å². The molecular weight excluding hydrogens is 514 g/mol. The van der Waals surface area contributed by atoms with Gasteiger partial charge in [-0.15, -0.1) is 25.6 Å². The summed E-state index contributed by atoms with van der Waals surface area (Å²) in [5.41, 5.74) is 0.443. The molecule has 1 amide bonds. The summed E-state index contributed by atoms with van der Waals surface area (Å²) in [6.07, 6.45) is -4.81. The van der Waals surface area contributed by atoms with E-state index in [-0.39, 0.29) is 30.7 Å². The van der Waals surface area contributed by atoms with Gasteiger partial charge in [0.2, 0.25) is 0 Å². The van der Waals surface area contributed by atoms with Crippen LogP contribution in [-0.2, 0) is 9.53 Å². The van der Waals surface area contributed by atoms with Crippen molar-refractivity contribution in [3.05, 3.63) is 48.3 Å². The van der Waals surface area contributed by atoms with Gasteiger partial charge in [0.25, 0.3) is 5.91 Å². The van der Waals surface area contributed by atoms with Gasteiger partial charge in [-0.1, -0.05) is 11.3 Å². The molecule has 0 N–H and O–H groups in total. The van der Waals surface area contributed by atoms with Crippen LogP contribution in [0.2, 0.25) is 0 Å². The van der Waals surface area contributed by atoms with E-state index in [9.17, 15) is 22.4 Å². The van der Waals surface area contributed by atoms with Crippen LogP contribution in [0.5, 0.6) is 11.5 Å². The Morgan fingerprint density at radius 1 is 1.11 bits per heavy atom. The van der Waals surface area contributed by atoms with E-state index in [0.717, 1.165) is 24.4 Å². The highest BCUT2D eigenvalue weighted by Crippen LogP contribution is 2.33. The first-order valence-corrected chi connectivity index (χ1v) is 11.2. The number of nitrogens with zero attached hydrogens (tertiary/aromatic N) is 3. The average Bonchev–Trinajstić information content (AvgIpc) is 3.21. The van der Waals surface area contributed by atoms with Crippen molar-refractivity contribution in [1.29, 1.82) is 0 Å². The number of carbonyl (C=O) groups is 1. The quantitative estimate of drug-likeness (QED) is 0.396. The van der Waals surface area contributed by atoms with E-state index in [2.05, 4.69) is 14.6 Å². The number of halogens is 5. The molecule has 7 nitrogen and oxygen atoms in total. The van der Waals surface area contributed by atoms with Crippen LogP contribution in [0.1, 0.15) is 0 Å². The zero-order valence-electron chi connectivity index (χ0n) is 18.3. The highest BCUT2D eigenvalue weighted by Gasteiger charge is 2.31. The van der Waals surface area contributed by atoms with Gasteiger partial charge >= 0.3 is 6.36 Å². The number of morpholine rings is 1. The van der Waals surface area contributed by atoms with Crippen LogP contribution in [0, 0.1) is 5.82 Å². The Balaban J connectivity index is 0.00000342. The summed E-state index contributed by atoms with van der Waals surface area (Å²) in [4.78, 5) is 21.1. The number of amides is 1. The lowest BCUT2D eigenvalue weighted by Crippen LogP contribution is -2.44. The Morgan fingerprint density at radius 3 is 2.49 bits per heavy atom. The van der Waals surface area contributed by atoms with Gasteiger partial charge < -0.3 is 14.2 Å². The smallest absolute Gasteiger partial charge is 0.484 e. The third-order valence-corrected chi connectivity index (χ3v) is 6.07. The highest BCUT2D eigenvalue weighted by atomic mass is 35.5. The van der Waals surface area contributed by atoms with E-state index in [1.54, 1.807) is 0 Å². The van der Waals surface area contributed by atoms with Crippen molar-refractivity contribution < 1.29 is 36.6 Å². The van der Waals surface area contributed by atoms with Crippen LogP contribution in [0.25, 0.3) is 10.2 Å². The molecule has 1 aliphatic rings. The van der Waals surface area contributed by atoms with Gasteiger partial charge in [-0.25, -0.2) is 9.37 Å². The molecule has 0 spiro atoms. The number of thiazole rings is 1. The second-order valence-corrected chi connectivity index (χ2v) is 8.42. The molecular formula is C22H22ClF4N3O4S. The minimum Gasteiger partial charge on any atom is -0.484 e. The fourth-order valence-electron chi connectivity index (χ4n) is 3.35. The zero-order valence-corrected chi connectivity index (χ0v) is 19.9. The molecule has 2 heterocycles. The van der Waals surface area contributed by atoms with Crippen LogP contribution in [0.15, 0.2) is 42.5 Å². The second kappa shape index (κ2) is 11.8. The lowest BCUT2D eigenvalue weighted by molar-refractivity contribution is -0.274. The first-order valence-electron chi connectivity index (χ1n) is 10.4. The van der Waals surface area contributed by atoms with E-state index in [0.29, 0.717) is 47.4 Å². The molecule has 0 atom stereocenters. The van der Waals surface area contributed by atoms with Crippen molar-refractivity contribution in [2.24, 2.45) is 0 Å². The molecule has 35 heavy (non-hydrogen) atoms. The molecule has 190 valence electrons. The second-order valence-electron chi connectivity index (χ2n) is 7.42. The number of aromatic nitrogens is 1. The Kier molecular flexibility index (Phi) is 9.11. The SMILES string of the molecule is Cl.O=C(COc1ccc(F)cc1)N(CCN1CCOCC1)c1nc2ccc(OC(F)(F)F)cc2s1. The molecule has 1 aliphatic heterocycles. The fraction of sp³-hybridized carbons (Fsp3) is 0.364. The Morgan fingerprint density at radius 2 is 1.80 bits per heavy atom. The molecule has 3 aromatic rings. The van der Waals surface area contributed by atoms with Crippen molar-refractivity contribution >= 4 is 45.0 Å². The molecule has 13 heteroatoms. The molecule has 1 saturated heterocycles. The standard InChI is InChI=1S/C22H21F4N3O4S.ClH/c23-15-1-3-16(4-2-15)32-14-20(30)29(8-7-28-9-11-31-12-10-28)21-27-18-6-5-17(13-19(18)34-21)33-22(24,25)26;/h1-6,13H,7-12,14H2;1H. The summed E-state index contributed by atoms with van der Waals surface area (Å²) in [5, 5.41) is 0.333. The number of alkyl halides is 3. The zero-order chi connectivity index (χ0) is 24.1. The van der Waals surface area contributed by atoms with Crippen molar-refractivity contribution in [1.82, 2.24) is 9.88 Å². The van der Waals surface area contributed by atoms with E-state index in [4.69, 9.17) is 9.47 Å². The van der Waals surface area contributed by atoms with Gasteiger partial charge in [-0.05, 0) is 36.4 Å². The summed E-state index contributed by atoms with van der Waals surface area (Å²) in [7, 11) is 0. The maximum atomic E-state index is 13.1. The number of benzene rings is 2. The summed E-state index contributed by atoms with van der Waals surface area (Å²) < 4.78 is 66.1. The molecule has 0 bridgehead atoms. The number of hydrogen-bond acceptors (Lipinski definition) is 7. The Bertz CT molecular complexity index is 1120. The van der Waals surface area contributed by atoms with Crippen LogP contribution in [-0.4, -0.2) is 68.2 Å². The minimum absolute atomic E-state index is 0. The predicted molar refractivity (Wildman–Crippen MR) is 125 cm³/mol. The molecule has 0 aliphatic carbocycles. The Hall–Kier alpha value is -2.67. The van der Waals surface area contributed by atoms with Crippen LogP contribution in [0.4, 0.5) is 22.7 Å². The van der Waals surface area contributed by atoms with Crippen LogP contribution in [0.3, 0.4) is 0 Å².